The topological polar surface area (TPSA) is 71.3 Å². The molecule has 0 heterocycles. The van der Waals surface area contributed by atoms with Gasteiger partial charge in [-0.15, -0.1) is 0 Å². The zero-order valence-electron chi connectivity index (χ0n) is 18.5. The first-order valence-electron chi connectivity index (χ1n) is 10.3. The molecule has 0 aliphatic heterocycles. The van der Waals surface area contributed by atoms with E-state index in [1.807, 2.05) is 38.1 Å². The number of anilines is 1. The monoisotopic (exact) mass is 558 g/mol. The summed E-state index contributed by atoms with van der Waals surface area (Å²) in [6.07, 6.45) is 1.50. The van der Waals surface area contributed by atoms with Crippen LogP contribution < -0.4 is 14.8 Å². The third-order valence-corrected chi connectivity index (χ3v) is 5.85. The molecule has 0 saturated heterocycles. The van der Waals surface area contributed by atoms with Gasteiger partial charge in [-0.25, -0.2) is 0 Å². The molecule has 1 N–H and O–H groups in total. The van der Waals surface area contributed by atoms with Crippen LogP contribution in [-0.4, -0.2) is 12.5 Å². The van der Waals surface area contributed by atoms with Gasteiger partial charge in [-0.1, -0.05) is 41.4 Å². The fourth-order valence-electron chi connectivity index (χ4n) is 3.10. The van der Waals surface area contributed by atoms with Gasteiger partial charge >= 0.3 is 0 Å². The lowest BCUT2D eigenvalue weighted by molar-refractivity contribution is -0.112. The van der Waals surface area contributed by atoms with Crippen molar-refractivity contribution in [3.05, 3.63) is 91.4 Å². The van der Waals surface area contributed by atoms with Crippen LogP contribution in [0.2, 0.25) is 10.0 Å². The van der Waals surface area contributed by atoms with Crippen LogP contribution in [0.1, 0.15) is 23.6 Å². The molecule has 3 aromatic rings. The first kappa shape index (κ1) is 25.6. The maximum atomic E-state index is 12.6. The molecule has 0 bridgehead atoms. The number of aryl methyl sites for hydroxylation is 1. The van der Waals surface area contributed by atoms with Crippen LogP contribution in [0.3, 0.4) is 0 Å². The summed E-state index contributed by atoms with van der Waals surface area (Å²) in [5.41, 5.74) is 2.94. The normalized spacial score (nSPS) is 11.0. The van der Waals surface area contributed by atoms with Gasteiger partial charge in [-0.05, 0) is 83.4 Å². The van der Waals surface area contributed by atoms with E-state index in [4.69, 9.17) is 32.7 Å². The minimum absolute atomic E-state index is 0.0440. The molecule has 0 fully saturated rings. The summed E-state index contributed by atoms with van der Waals surface area (Å²) in [5.74, 6) is 0.442. The van der Waals surface area contributed by atoms with E-state index in [1.165, 1.54) is 6.08 Å². The Labute approximate surface area is 217 Å². The van der Waals surface area contributed by atoms with Crippen molar-refractivity contribution in [1.82, 2.24) is 0 Å². The highest BCUT2D eigenvalue weighted by Crippen LogP contribution is 2.38. The lowest BCUT2D eigenvalue weighted by Crippen LogP contribution is -2.13. The van der Waals surface area contributed by atoms with Crippen LogP contribution in [0.5, 0.6) is 11.5 Å². The second kappa shape index (κ2) is 11.9. The van der Waals surface area contributed by atoms with Crippen molar-refractivity contribution in [2.45, 2.75) is 20.5 Å². The van der Waals surface area contributed by atoms with Crippen LogP contribution in [0.15, 0.2) is 64.6 Å². The number of rotatable bonds is 8. The van der Waals surface area contributed by atoms with Gasteiger partial charge in [0.25, 0.3) is 5.91 Å². The van der Waals surface area contributed by atoms with E-state index >= 15 is 0 Å². The van der Waals surface area contributed by atoms with Gasteiger partial charge in [0.1, 0.15) is 18.2 Å². The molecule has 0 unspecified atom stereocenters. The molecular weight excluding hydrogens is 539 g/mol. The van der Waals surface area contributed by atoms with Crippen LogP contribution >= 0.6 is 39.1 Å². The highest BCUT2D eigenvalue weighted by Gasteiger charge is 2.15. The van der Waals surface area contributed by atoms with E-state index in [9.17, 15) is 10.1 Å². The molecule has 0 radical (unpaired) electrons. The van der Waals surface area contributed by atoms with Gasteiger partial charge in [0.2, 0.25) is 0 Å². The van der Waals surface area contributed by atoms with Crippen LogP contribution in [-0.2, 0) is 11.4 Å². The van der Waals surface area contributed by atoms with Gasteiger partial charge in [0, 0.05) is 21.3 Å². The minimum Gasteiger partial charge on any atom is -0.490 e. The Balaban J connectivity index is 1.86. The molecule has 0 aromatic heterocycles. The zero-order chi connectivity index (χ0) is 24.7. The number of hydrogen-bond acceptors (Lipinski definition) is 4. The van der Waals surface area contributed by atoms with E-state index in [-0.39, 0.29) is 12.2 Å². The number of nitrogens with one attached hydrogen (secondary N) is 1. The van der Waals surface area contributed by atoms with E-state index < -0.39 is 5.91 Å². The average molecular weight is 560 g/mol. The minimum atomic E-state index is -0.500. The number of nitrogens with zero attached hydrogens (tertiary/aromatic N) is 1. The van der Waals surface area contributed by atoms with E-state index in [0.717, 1.165) is 11.1 Å². The van der Waals surface area contributed by atoms with Crippen LogP contribution in [0.25, 0.3) is 6.08 Å². The molecule has 174 valence electrons. The molecule has 0 aliphatic carbocycles. The Kier molecular flexibility index (Phi) is 9.00. The Morgan fingerprint density at radius 2 is 1.94 bits per heavy atom. The summed E-state index contributed by atoms with van der Waals surface area (Å²) in [6, 6.07) is 18.0. The van der Waals surface area contributed by atoms with Gasteiger partial charge in [-0.2, -0.15) is 5.26 Å². The standard InChI is InChI=1S/C26H21BrCl2N2O3/c1-3-33-24-12-17(10-19(14-30)26(32)31-21-6-4-5-16(2)9-21)11-22(27)25(24)34-15-18-7-8-20(28)13-23(18)29/h4-13H,3,15H2,1-2H3,(H,31,32). The largest absolute Gasteiger partial charge is 0.490 e. The predicted molar refractivity (Wildman–Crippen MR) is 140 cm³/mol. The third kappa shape index (κ3) is 6.77. The molecule has 0 saturated carbocycles. The zero-order valence-corrected chi connectivity index (χ0v) is 21.6. The second-order valence-corrected chi connectivity index (χ2v) is 8.98. The SMILES string of the molecule is CCOc1cc(C=C(C#N)C(=O)Nc2cccc(C)c2)cc(Br)c1OCc1ccc(Cl)cc1Cl. The number of halogens is 3. The quantitative estimate of drug-likeness (QED) is 0.228. The fourth-order valence-corrected chi connectivity index (χ4v) is 4.14. The number of ether oxygens (including phenoxy) is 2. The Morgan fingerprint density at radius 3 is 2.62 bits per heavy atom. The lowest BCUT2D eigenvalue weighted by atomic mass is 10.1. The summed E-state index contributed by atoms with van der Waals surface area (Å²) in [4.78, 5) is 12.6. The highest BCUT2D eigenvalue weighted by molar-refractivity contribution is 9.10. The summed E-state index contributed by atoms with van der Waals surface area (Å²) in [7, 11) is 0. The van der Waals surface area contributed by atoms with Crippen molar-refractivity contribution in [1.29, 1.82) is 5.26 Å². The molecule has 0 atom stereocenters. The molecule has 3 rings (SSSR count). The fraction of sp³-hybridized carbons (Fsp3) is 0.154. The first-order valence-corrected chi connectivity index (χ1v) is 11.9. The van der Waals surface area contributed by atoms with E-state index in [0.29, 0.717) is 43.9 Å². The summed E-state index contributed by atoms with van der Waals surface area (Å²) < 4.78 is 12.3. The van der Waals surface area contributed by atoms with Gasteiger partial charge in [0.05, 0.1) is 11.1 Å². The molecule has 0 aliphatic rings. The maximum Gasteiger partial charge on any atom is 0.266 e. The van der Waals surface area contributed by atoms with Crippen molar-refractivity contribution in [2.75, 3.05) is 11.9 Å². The average Bonchev–Trinajstić information content (AvgIpc) is 2.78. The van der Waals surface area contributed by atoms with Crippen LogP contribution in [0.4, 0.5) is 5.69 Å². The highest BCUT2D eigenvalue weighted by atomic mass is 79.9. The Hall–Kier alpha value is -2.98. The van der Waals surface area contributed by atoms with E-state index in [2.05, 4.69) is 21.2 Å². The second-order valence-electron chi connectivity index (χ2n) is 7.28. The summed E-state index contributed by atoms with van der Waals surface area (Å²) >= 11 is 15.7. The number of hydrogen-bond donors (Lipinski definition) is 1. The number of nitriles is 1. The van der Waals surface area contributed by atoms with Crippen molar-refractivity contribution >= 4 is 56.8 Å². The summed E-state index contributed by atoms with van der Waals surface area (Å²) in [6.45, 7) is 4.38. The van der Waals surface area contributed by atoms with Crippen molar-refractivity contribution in [2.24, 2.45) is 0 Å². The van der Waals surface area contributed by atoms with Crippen LogP contribution in [0, 0.1) is 18.3 Å². The van der Waals surface area contributed by atoms with Crippen molar-refractivity contribution in [3.8, 4) is 17.6 Å². The Morgan fingerprint density at radius 1 is 1.15 bits per heavy atom. The molecular formula is C26H21BrCl2N2O3. The van der Waals surface area contributed by atoms with E-state index in [1.54, 1.807) is 36.4 Å². The number of amides is 1. The molecule has 3 aromatic carbocycles. The Bertz CT molecular complexity index is 1290. The number of carbonyl (C=O) groups excluding carboxylic acids is 1. The maximum absolute atomic E-state index is 12.6. The molecule has 1 amide bonds. The molecule has 8 heteroatoms. The molecule has 0 spiro atoms. The van der Waals surface area contributed by atoms with Gasteiger partial charge < -0.3 is 14.8 Å². The first-order chi connectivity index (χ1) is 16.3. The smallest absolute Gasteiger partial charge is 0.266 e. The van der Waals surface area contributed by atoms with Gasteiger partial charge in [0.15, 0.2) is 11.5 Å². The predicted octanol–water partition coefficient (Wildman–Crippen LogP) is 7.59. The van der Waals surface area contributed by atoms with Crippen molar-refractivity contribution < 1.29 is 14.3 Å². The van der Waals surface area contributed by atoms with Crippen molar-refractivity contribution in [3.63, 3.8) is 0 Å². The third-order valence-electron chi connectivity index (χ3n) is 4.67. The number of carbonyl (C=O) groups is 1. The number of benzene rings is 3. The summed E-state index contributed by atoms with van der Waals surface area (Å²) in [5, 5.41) is 13.4. The van der Waals surface area contributed by atoms with Gasteiger partial charge in [-0.3, -0.25) is 4.79 Å². The lowest BCUT2D eigenvalue weighted by Gasteiger charge is -2.15. The molecule has 5 nitrogen and oxygen atoms in total. The molecule has 34 heavy (non-hydrogen) atoms.